The van der Waals surface area contributed by atoms with Crippen LogP contribution in [0.2, 0.25) is 0 Å². The van der Waals surface area contributed by atoms with Crippen molar-refractivity contribution in [2.75, 3.05) is 19.6 Å². The summed E-state index contributed by atoms with van der Waals surface area (Å²) in [6.45, 7) is 98.8. The molecule has 0 spiro atoms. The van der Waals surface area contributed by atoms with E-state index in [2.05, 4.69) is 328 Å². The molecule has 0 heterocycles. The second-order valence-corrected chi connectivity index (χ2v) is 37.8. The number of hydrogen-bond acceptors (Lipinski definition) is 3. The molecule has 1 atom stereocenters. The Morgan fingerprint density at radius 3 is 0.753 bits per heavy atom. The summed E-state index contributed by atoms with van der Waals surface area (Å²) in [6.07, 6.45) is 15.3. The van der Waals surface area contributed by atoms with Gasteiger partial charge in [0.15, 0.2) is 0 Å². The zero-order valence-corrected chi connectivity index (χ0v) is 66.0. The summed E-state index contributed by atoms with van der Waals surface area (Å²) < 4.78 is 0. The highest BCUT2D eigenvalue weighted by Crippen LogP contribution is 2.28. The normalized spacial score (nSPS) is 12.5. The molecule has 81 heavy (non-hydrogen) atoms. The molecule has 0 saturated carbocycles. The van der Waals surface area contributed by atoms with Gasteiger partial charge in [0.1, 0.15) is 0 Å². The summed E-state index contributed by atoms with van der Waals surface area (Å²) in [6, 6.07) is 10.6. The maximum atomic E-state index is 5.34. The molecule has 1 aromatic carbocycles. The second kappa shape index (κ2) is 51.2. The van der Waals surface area contributed by atoms with Crippen molar-refractivity contribution in [3.63, 3.8) is 0 Å². The van der Waals surface area contributed by atoms with E-state index in [1.54, 1.807) is 0 Å². The minimum absolute atomic E-state index is 0.319. The van der Waals surface area contributed by atoms with Gasteiger partial charge in [-0.15, -0.1) is 0 Å². The molecule has 0 aliphatic rings. The Morgan fingerprint density at radius 1 is 0.358 bits per heavy atom. The van der Waals surface area contributed by atoms with Crippen LogP contribution in [-0.4, -0.2) is 19.6 Å². The third-order valence-electron chi connectivity index (χ3n) is 12.4. The summed E-state index contributed by atoms with van der Waals surface area (Å²) in [5.74, 6) is 2.49. The van der Waals surface area contributed by atoms with Crippen molar-refractivity contribution in [1.82, 2.24) is 0 Å². The van der Waals surface area contributed by atoms with Crippen molar-refractivity contribution in [2.45, 2.75) is 375 Å². The van der Waals surface area contributed by atoms with Crippen LogP contribution in [-0.2, 0) is 6.42 Å². The zero-order chi connectivity index (χ0) is 68.0. The maximum Gasteiger partial charge on any atom is -0.00285 e. The molecule has 0 radical (unpaired) electrons. The molecule has 1 unspecified atom stereocenters. The quantitative estimate of drug-likeness (QED) is 0.231. The highest BCUT2D eigenvalue weighted by atomic mass is 14.6. The van der Waals surface area contributed by atoms with Gasteiger partial charge in [0, 0.05) is 0 Å². The molecule has 0 bridgehead atoms. The Bertz CT molecular complexity index is 1300. The lowest BCUT2D eigenvalue weighted by molar-refractivity contribution is 0.254. The Kier molecular flexibility index (Phi) is 64.4. The van der Waals surface area contributed by atoms with Crippen LogP contribution in [0.4, 0.5) is 0 Å². The Balaban J connectivity index is -0.0000000861. The molecule has 0 fully saturated rings. The van der Waals surface area contributed by atoms with E-state index in [0.717, 1.165) is 56.7 Å². The summed E-state index contributed by atoms with van der Waals surface area (Å²) in [5.41, 5.74) is 22.7. The zero-order valence-electron chi connectivity index (χ0n) is 66.0. The van der Waals surface area contributed by atoms with Gasteiger partial charge >= 0.3 is 0 Å². The van der Waals surface area contributed by atoms with Crippen LogP contribution in [0, 0.1) is 77.3 Å². The molecule has 6 N–H and O–H groups in total. The van der Waals surface area contributed by atoms with Gasteiger partial charge in [-0.3, -0.25) is 0 Å². The predicted octanol–water partition coefficient (Wildman–Crippen LogP) is 26.8. The van der Waals surface area contributed by atoms with E-state index in [1.807, 2.05) is 0 Å². The number of rotatable bonds is 9. The molecular weight excluding hydrogens is 979 g/mol. The maximum absolute atomic E-state index is 5.34. The van der Waals surface area contributed by atoms with E-state index in [4.69, 9.17) is 17.2 Å². The van der Waals surface area contributed by atoms with E-state index >= 15 is 0 Å². The summed E-state index contributed by atoms with van der Waals surface area (Å²) in [7, 11) is 0. The van der Waals surface area contributed by atoms with Crippen LogP contribution in [0.1, 0.15) is 374 Å². The molecule has 1 aromatic rings. The minimum atomic E-state index is 0.319. The third kappa shape index (κ3) is 155. The van der Waals surface area contributed by atoms with Crippen molar-refractivity contribution in [3.05, 3.63) is 35.9 Å². The number of unbranched alkanes of at least 4 members (excludes halogenated alkanes) is 1. The van der Waals surface area contributed by atoms with Gasteiger partial charge < -0.3 is 17.2 Å². The van der Waals surface area contributed by atoms with E-state index in [-0.39, 0.29) is 0 Å². The van der Waals surface area contributed by atoms with Crippen LogP contribution < -0.4 is 17.2 Å². The molecule has 0 aliphatic heterocycles. The van der Waals surface area contributed by atoms with Crippen LogP contribution >= 0.6 is 0 Å². The smallest absolute Gasteiger partial charge is 0.00285 e. The van der Waals surface area contributed by atoms with Gasteiger partial charge in [-0.2, -0.15) is 0 Å². The fourth-order valence-corrected chi connectivity index (χ4v) is 5.57. The molecule has 0 aromatic heterocycles. The van der Waals surface area contributed by atoms with Gasteiger partial charge in [0.25, 0.3) is 0 Å². The minimum Gasteiger partial charge on any atom is -0.330 e. The highest BCUT2D eigenvalue weighted by Gasteiger charge is 2.17. The van der Waals surface area contributed by atoms with Crippen molar-refractivity contribution >= 4 is 0 Å². The first-order chi connectivity index (χ1) is 35.3. The summed E-state index contributed by atoms with van der Waals surface area (Å²) in [4.78, 5) is 0. The summed E-state index contributed by atoms with van der Waals surface area (Å²) >= 11 is 0. The molecule has 3 nitrogen and oxygen atoms in total. The predicted molar refractivity (Wildman–Crippen MR) is 389 cm³/mol. The molecular formula is C78H173N3. The van der Waals surface area contributed by atoms with Crippen LogP contribution in [0.3, 0.4) is 0 Å². The molecule has 1 rings (SSSR count). The largest absolute Gasteiger partial charge is 0.330 e. The second-order valence-electron chi connectivity index (χ2n) is 37.8. The first-order valence-electron chi connectivity index (χ1n) is 33.4. The van der Waals surface area contributed by atoms with Gasteiger partial charge in [0.05, 0.1) is 0 Å². The molecule has 3 heteroatoms. The standard InChI is InChI=1S/C11H16.3C8H18.C7H17N.2C7H16.C6H15N.C6H14.C5H13N.C5H12/c1-11(2,3)9-10-7-5-4-6-8-10;1-7(2)6-8(3,4)5;1-6-7(2)8(3,4)5;1-5-6-7-8(2,3)4;1-7(2,3)5-4-6-8;1-6(2)7(3,4)5;1-5-6-7(2,3)4;1-6(2,3)4-5-7;1-5-6(2,3)4;1-5(2,3)4-6;1-5(2,3)4/h4-8H,9H2,1-3H3;2*7H,6H2,1-5H3;5-7H2,1-4H3;4-6,8H2,1-3H3;6H,1-5H3;5-6H2,1-4H3;4-5,7H2,1-3H3;5H2,1-4H3;4,6H2,1-3H3;1-4H3. The van der Waals surface area contributed by atoms with Gasteiger partial charge in [-0.05, 0) is 147 Å². The summed E-state index contributed by atoms with van der Waals surface area (Å²) in [5, 5.41) is 0. The fraction of sp³-hybridized carbons (Fsp3) is 0.923. The van der Waals surface area contributed by atoms with Crippen molar-refractivity contribution in [2.24, 2.45) is 94.5 Å². The first kappa shape index (κ1) is 102. The van der Waals surface area contributed by atoms with Crippen molar-refractivity contribution in [1.29, 1.82) is 0 Å². The molecule has 0 saturated heterocycles. The van der Waals surface area contributed by atoms with Gasteiger partial charge in [-0.25, -0.2) is 0 Å². The number of nitrogens with two attached hydrogens (primary N) is 3. The first-order valence-corrected chi connectivity index (χ1v) is 33.4. The van der Waals surface area contributed by atoms with Crippen LogP contribution in [0.15, 0.2) is 30.3 Å². The van der Waals surface area contributed by atoms with Gasteiger partial charge in [0.2, 0.25) is 0 Å². The van der Waals surface area contributed by atoms with Gasteiger partial charge in [-0.1, -0.05) is 360 Å². The topological polar surface area (TPSA) is 78.1 Å². The van der Waals surface area contributed by atoms with E-state index in [1.165, 1.54) is 63.4 Å². The fourth-order valence-electron chi connectivity index (χ4n) is 5.57. The molecule has 0 aliphatic carbocycles. The Hall–Kier alpha value is -0.900. The van der Waals surface area contributed by atoms with Crippen molar-refractivity contribution in [3.8, 4) is 0 Å². The van der Waals surface area contributed by atoms with Crippen LogP contribution in [0.5, 0.6) is 0 Å². The lowest BCUT2D eigenvalue weighted by Crippen LogP contribution is -2.18. The molecule has 500 valence electrons. The lowest BCUT2D eigenvalue weighted by atomic mass is 9.81. The monoisotopic (exact) mass is 1150 g/mol. The number of hydrogen-bond donors (Lipinski definition) is 3. The Labute approximate surface area is 522 Å². The van der Waals surface area contributed by atoms with Crippen molar-refractivity contribution < 1.29 is 0 Å². The lowest BCUT2D eigenvalue weighted by Gasteiger charge is -2.25. The van der Waals surface area contributed by atoms with Crippen LogP contribution in [0.25, 0.3) is 0 Å². The van der Waals surface area contributed by atoms with E-state index in [9.17, 15) is 0 Å². The SMILES string of the molecule is CC(C)(C)C.CC(C)(C)CCCN.CC(C)(C)CCN.CC(C)(C)CN.CC(C)(C)Cc1ccccc1.CC(C)C(C)(C)C.CC(C)CC(C)(C)C.CCC(C)(C)C.CCC(C)C(C)(C)C.CCCC(C)(C)C.CCCCC(C)(C)C. The van der Waals surface area contributed by atoms with E-state index in [0.29, 0.717) is 59.6 Å². The average Bonchev–Trinajstić information content (AvgIpc) is 3.19. The third-order valence-corrected chi connectivity index (χ3v) is 12.4. The average molecular weight is 1150 g/mol. The molecule has 0 amide bonds. The number of benzene rings is 1. The van der Waals surface area contributed by atoms with E-state index < -0.39 is 0 Å². The highest BCUT2D eigenvalue weighted by molar-refractivity contribution is 5.15. The Morgan fingerprint density at radius 2 is 0.667 bits per heavy atom.